The first-order valence-corrected chi connectivity index (χ1v) is 7.24. The molecule has 0 aliphatic carbocycles. The summed E-state index contributed by atoms with van der Waals surface area (Å²) in [6.07, 6.45) is 2.85. The van der Waals surface area contributed by atoms with E-state index >= 15 is 0 Å². The monoisotopic (exact) mass is 309 g/mol. The third-order valence-electron chi connectivity index (χ3n) is 3.76. The lowest BCUT2D eigenvalue weighted by atomic mass is 9.79. The summed E-state index contributed by atoms with van der Waals surface area (Å²) in [5, 5.41) is 22.7. The summed E-state index contributed by atoms with van der Waals surface area (Å²) in [6, 6.07) is 10.4. The Balaban J connectivity index is 2.41. The summed E-state index contributed by atoms with van der Waals surface area (Å²) in [4.78, 5) is 10.6. The summed E-state index contributed by atoms with van der Waals surface area (Å²) in [6.45, 7) is 7.69. The smallest absolute Gasteiger partial charge is 0.155 e. The predicted octanol–water partition coefficient (Wildman–Crippen LogP) is 2.51. The van der Waals surface area contributed by atoms with Gasteiger partial charge in [-0.05, 0) is 44.4 Å². The highest BCUT2D eigenvalue weighted by atomic mass is 16.7. The van der Waals surface area contributed by atoms with E-state index in [1.165, 1.54) is 17.5 Å². The third-order valence-corrected chi connectivity index (χ3v) is 3.76. The van der Waals surface area contributed by atoms with Crippen molar-refractivity contribution in [3.8, 4) is 12.1 Å². The zero-order chi connectivity index (χ0) is 17.1. The molecule has 6 heteroatoms. The van der Waals surface area contributed by atoms with Crippen molar-refractivity contribution in [2.24, 2.45) is 0 Å². The summed E-state index contributed by atoms with van der Waals surface area (Å²) in [5.74, 6) is 0. The second-order valence-corrected chi connectivity index (χ2v) is 6.46. The molecule has 23 heavy (non-hydrogen) atoms. The Kier molecular flexibility index (Phi) is 4.38. The predicted molar refractivity (Wildman–Crippen MR) is 84.0 cm³/mol. The minimum Gasteiger partial charge on any atom is -0.391 e. The number of rotatable bonds is 5. The first kappa shape index (κ1) is 16.5. The van der Waals surface area contributed by atoms with E-state index in [4.69, 9.17) is 4.84 Å². The molecule has 0 N–H and O–H groups in total. The van der Waals surface area contributed by atoms with Crippen LogP contribution in [0.3, 0.4) is 0 Å². The van der Waals surface area contributed by atoms with Crippen LogP contribution in [0, 0.1) is 22.7 Å². The second kappa shape index (κ2) is 6.10. The van der Waals surface area contributed by atoms with Gasteiger partial charge in [-0.15, -0.1) is 5.10 Å². The zero-order valence-electron chi connectivity index (χ0n) is 13.7. The SMILES string of the molecule is CC(C)(C#N)c1cc(COn2cncn2)cc(C(C)(C)C#N)c1. The highest BCUT2D eigenvalue weighted by Gasteiger charge is 2.26. The van der Waals surface area contributed by atoms with Gasteiger partial charge in [-0.3, -0.25) is 0 Å². The van der Waals surface area contributed by atoms with Gasteiger partial charge in [0, 0.05) is 0 Å². The Hall–Kier alpha value is -2.86. The molecule has 0 atom stereocenters. The largest absolute Gasteiger partial charge is 0.391 e. The molecule has 1 heterocycles. The number of nitriles is 2. The van der Waals surface area contributed by atoms with Gasteiger partial charge in [-0.25, -0.2) is 4.98 Å². The van der Waals surface area contributed by atoms with Gasteiger partial charge in [0.05, 0.1) is 23.0 Å². The maximum Gasteiger partial charge on any atom is 0.155 e. The lowest BCUT2D eigenvalue weighted by Crippen LogP contribution is -2.20. The Morgan fingerprint density at radius 2 is 1.61 bits per heavy atom. The highest BCUT2D eigenvalue weighted by molar-refractivity contribution is 5.42. The van der Waals surface area contributed by atoms with Crippen LogP contribution in [0.4, 0.5) is 0 Å². The van der Waals surface area contributed by atoms with Crippen molar-refractivity contribution in [1.29, 1.82) is 10.5 Å². The van der Waals surface area contributed by atoms with E-state index in [1.54, 1.807) is 0 Å². The molecule has 0 saturated heterocycles. The molecular weight excluding hydrogens is 290 g/mol. The lowest BCUT2D eigenvalue weighted by Gasteiger charge is -2.23. The lowest BCUT2D eigenvalue weighted by molar-refractivity contribution is 0.0692. The third kappa shape index (κ3) is 3.67. The van der Waals surface area contributed by atoms with Crippen LogP contribution in [0.5, 0.6) is 0 Å². The van der Waals surface area contributed by atoms with Crippen molar-refractivity contribution in [3.05, 3.63) is 47.5 Å². The summed E-state index contributed by atoms with van der Waals surface area (Å²) in [5.41, 5.74) is 1.29. The van der Waals surface area contributed by atoms with Gasteiger partial charge in [-0.2, -0.15) is 10.5 Å². The summed E-state index contributed by atoms with van der Waals surface area (Å²) < 4.78 is 0. The average molecular weight is 309 g/mol. The highest BCUT2D eigenvalue weighted by Crippen LogP contribution is 2.30. The molecule has 0 saturated carbocycles. The van der Waals surface area contributed by atoms with Crippen molar-refractivity contribution in [2.75, 3.05) is 0 Å². The van der Waals surface area contributed by atoms with Crippen LogP contribution in [0.1, 0.15) is 44.4 Å². The van der Waals surface area contributed by atoms with Gasteiger partial charge < -0.3 is 4.84 Å². The van der Waals surface area contributed by atoms with Crippen molar-refractivity contribution in [2.45, 2.75) is 45.1 Å². The first-order valence-electron chi connectivity index (χ1n) is 7.24. The molecule has 0 aliphatic heterocycles. The molecule has 2 aromatic rings. The maximum atomic E-state index is 9.40. The average Bonchev–Trinajstić information content (AvgIpc) is 3.06. The molecule has 1 aromatic heterocycles. The van der Waals surface area contributed by atoms with Crippen LogP contribution < -0.4 is 4.84 Å². The normalized spacial score (nSPS) is 11.6. The van der Waals surface area contributed by atoms with Crippen molar-refractivity contribution in [1.82, 2.24) is 14.9 Å². The molecule has 2 rings (SSSR count). The van der Waals surface area contributed by atoms with Crippen LogP contribution in [0.15, 0.2) is 30.9 Å². The van der Waals surface area contributed by atoms with E-state index in [9.17, 15) is 10.5 Å². The van der Waals surface area contributed by atoms with E-state index < -0.39 is 10.8 Å². The molecule has 0 fully saturated rings. The number of benzene rings is 1. The van der Waals surface area contributed by atoms with E-state index in [1.807, 2.05) is 45.9 Å². The maximum absolute atomic E-state index is 9.40. The van der Waals surface area contributed by atoms with Gasteiger partial charge in [-0.1, -0.05) is 23.0 Å². The van der Waals surface area contributed by atoms with E-state index in [-0.39, 0.29) is 6.61 Å². The molecule has 0 spiro atoms. The number of hydrogen-bond acceptors (Lipinski definition) is 5. The van der Waals surface area contributed by atoms with Crippen molar-refractivity contribution >= 4 is 0 Å². The van der Waals surface area contributed by atoms with E-state index in [0.29, 0.717) is 0 Å². The molecule has 1 aromatic carbocycles. The number of nitrogens with zero attached hydrogens (tertiary/aromatic N) is 5. The fourth-order valence-electron chi connectivity index (χ4n) is 2.03. The van der Waals surface area contributed by atoms with Crippen LogP contribution >= 0.6 is 0 Å². The fourth-order valence-corrected chi connectivity index (χ4v) is 2.03. The molecule has 6 nitrogen and oxygen atoms in total. The molecule has 118 valence electrons. The van der Waals surface area contributed by atoms with Crippen LogP contribution in [-0.2, 0) is 17.4 Å². The molecular formula is C17H19N5O. The van der Waals surface area contributed by atoms with Gasteiger partial charge in [0.15, 0.2) is 6.33 Å². The number of hydrogen-bond donors (Lipinski definition) is 0. The zero-order valence-corrected chi connectivity index (χ0v) is 13.7. The van der Waals surface area contributed by atoms with Gasteiger partial charge in [0.1, 0.15) is 12.9 Å². The van der Waals surface area contributed by atoms with Crippen LogP contribution in [0.25, 0.3) is 0 Å². The topological polar surface area (TPSA) is 87.5 Å². The van der Waals surface area contributed by atoms with Crippen molar-refractivity contribution < 1.29 is 4.84 Å². The van der Waals surface area contributed by atoms with E-state index in [2.05, 4.69) is 22.2 Å². The number of aromatic nitrogens is 3. The minimum absolute atomic E-state index is 0.271. The quantitative estimate of drug-likeness (QED) is 0.846. The molecule has 0 amide bonds. The molecule has 0 radical (unpaired) electrons. The van der Waals surface area contributed by atoms with Crippen LogP contribution in [-0.4, -0.2) is 14.9 Å². The van der Waals surface area contributed by atoms with Crippen LogP contribution in [0.2, 0.25) is 0 Å². The Morgan fingerprint density at radius 1 is 1.04 bits per heavy atom. The molecule has 0 aliphatic rings. The Morgan fingerprint density at radius 3 is 2.04 bits per heavy atom. The Bertz CT molecular complexity index is 719. The first-order chi connectivity index (χ1) is 10.8. The van der Waals surface area contributed by atoms with Gasteiger partial charge >= 0.3 is 0 Å². The molecule has 0 unspecified atom stereocenters. The van der Waals surface area contributed by atoms with Crippen molar-refractivity contribution in [3.63, 3.8) is 0 Å². The summed E-state index contributed by atoms with van der Waals surface area (Å²) in [7, 11) is 0. The molecule has 0 bridgehead atoms. The van der Waals surface area contributed by atoms with Gasteiger partial charge in [0.25, 0.3) is 0 Å². The standard InChI is InChI=1S/C17H19N5O/c1-16(2,9-18)14-5-13(8-23-22-12-20-11-21-22)6-15(7-14)17(3,4)10-19/h5-7,11-12H,8H2,1-4H3. The van der Waals surface area contributed by atoms with E-state index in [0.717, 1.165) is 16.7 Å². The minimum atomic E-state index is -0.649. The second-order valence-electron chi connectivity index (χ2n) is 6.46. The fraction of sp³-hybridized carbons (Fsp3) is 0.412. The van der Waals surface area contributed by atoms with Gasteiger partial charge in [0.2, 0.25) is 0 Å². The Labute approximate surface area is 135 Å². The summed E-state index contributed by atoms with van der Waals surface area (Å²) >= 11 is 0.